The summed E-state index contributed by atoms with van der Waals surface area (Å²) in [7, 11) is 0. The van der Waals surface area contributed by atoms with Gasteiger partial charge in [0.15, 0.2) is 0 Å². The molecule has 3 aliphatic rings. The predicted molar refractivity (Wildman–Crippen MR) is 127 cm³/mol. The molecule has 2 aromatic heterocycles. The van der Waals surface area contributed by atoms with Crippen LogP contribution in [0.4, 0.5) is 11.4 Å². The third-order valence-electron chi connectivity index (χ3n) is 6.56. The van der Waals surface area contributed by atoms with E-state index in [0.29, 0.717) is 23.5 Å². The Kier molecular flexibility index (Phi) is 5.45. The Hall–Kier alpha value is -4.27. The first-order valence-electron chi connectivity index (χ1n) is 11.1. The largest absolute Gasteiger partial charge is 0.347 e. The van der Waals surface area contributed by atoms with E-state index in [1.807, 2.05) is 0 Å². The molecule has 0 radical (unpaired) electrons. The highest BCUT2D eigenvalue weighted by molar-refractivity contribution is 6.03. The second-order valence-corrected chi connectivity index (χ2v) is 8.85. The normalized spacial score (nSPS) is 22.4. The Morgan fingerprint density at radius 3 is 2.41 bits per heavy atom. The lowest BCUT2D eigenvalue weighted by molar-refractivity contribution is -0.120. The van der Waals surface area contributed by atoms with Gasteiger partial charge in [0.1, 0.15) is 5.69 Å². The molecule has 2 heterocycles. The van der Waals surface area contributed by atoms with Crippen LogP contribution in [0.1, 0.15) is 29.8 Å². The highest BCUT2D eigenvalue weighted by Gasteiger charge is 2.58. The number of amides is 3. The van der Waals surface area contributed by atoms with Crippen LogP contribution in [0.3, 0.4) is 0 Å². The maximum absolute atomic E-state index is 12.8. The molecule has 3 fully saturated rings. The number of nitrogens with zero attached hydrogens (tertiary/aromatic N) is 2. The number of benzene rings is 1. The number of fused-ring (bicyclic) bond motifs is 1. The third kappa shape index (κ3) is 4.19. The van der Waals surface area contributed by atoms with Gasteiger partial charge < -0.3 is 16.0 Å². The van der Waals surface area contributed by atoms with E-state index in [-0.39, 0.29) is 40.8 Å². The topological polar surface area (TPSA) is 129 Å². The molecule has 172 valence electrons. The Balaban J connectivity index is 1.18. The van der Waals surface area contributed by atoms with Crippen molar-refractivity contribution in [2.24, 2.45) is 11.8 Å². The van der Waals surface area contributed by atoms with Crippen molar-refractivity contribution in [2.75, 3.05) is 10.6 Å². The van der Waals surface area contributed by atoms with Crippen LogP contribution in [-0.4, -0.2) is 38.4 Å². The summed E-state index contributed by atoms with van der Waals surface area (Å²) >= 11 is 0. The number of pyridine rings is 1. The van der Waals surface area contributed by atoms with Crippen molar-refractivity contribution in [3.05, 3.63) is 73.1 Å². The van der Waals surface area contributed by atoms with Crippen LogP contribution in [0.25, 0.3) is 11.4 Å². The minimum Gasteiger partial charge on any atom is -0.347 e. The monoisotopic (exact) mass is 456 g/mol. The summed E-state index contributed by atoms with van der Waals surface area (Å²) in [5, 5.41) is 15.5. The van der Waals surface area contributed by atoms with Crippen molar-refractivity contribution in [1.82, 2.24) is 20.5 Å². The molecule has 3 amide bonds. The van der Waals surface area contributed by atoms with Crippen molar-refractivity contribution in [1.29, 1.82) is 0 Å². The minimum atomic E-state index is -0.337. The zero-order valence-electron chi connectivity index (χ0n) is 18.4. The third-order valence-corrected chi connectivity index (χ3v) is 6.56. The number of aromatic nitrogens is 3. The molecule has 0 aliphatic heterocycles. The maximum Gasteiger partial charge on any atom is 0.274 e. The molecule has 6 rings (SSSR count). The molecule has 0 saturated heterocycles. The van der Waals surface area contributed by atoms with Crippen LogP contribution >= 0.6 is 0 Å². The van der Waals surface area contributed by atoms with Crippen LogP contribution in [0, 0.1) is 11.8 Å². The first kappa shape index (κ1) is 21.6. The number of anilines is 2. The lowest BCUT2D eigenvalue weighted by Crippen LogP contribution is -2.51. The van der Waals surface area contributed by atoms with E-state index in [9.17, 15) is 14.4 Å². The zero-order valence-corrected chi connectivity index (χ0v) is 18.4. The van der Waals surface area contributed by atoms with Gasteiger partial charge in [0.05, 0.1) is 11.4 Å². The summed E-state index contributed by atoms with van der Waals surface area (Å²) in [6.07, 6.45) is 5.18. The van der Waals surface area contributed by atoms with Crippen molar-refractivity contribution in [3.8, 4) is 11.4 Å². The van der Waals surface area contributed by atoms with E-state index in [1.54, 1.807) is 54.7 Å². The van der Waals surface area contributed by atoms with Crippen LogP contribution < -0.4 is 16.0 Å². The first-order valence-corrected chi connectivity index (χ1v) is 11.1. The fourth-order valence-electron chi connectivity index (χ4n) is 4.93. The number of H-pyrrole nitrogens is 1. The van der Waals surface area contributed by atoms with Crippen molar-refractivity contribution < 1.29 is 14.4 Å². The number of hydrogen-bond donors (Lipinski definition) is 4. The predicted octanol–water partition coefficient (Wildman–Crippen LogP) is 3.13. The second kappa shape index (κ2) is 8.58. The number of hydrogen-bond acceptors (Lipinski definition) is 5. The quantitative estimate of drug-likeness (QED) is 0.406. The van der Waals surface area contributed by atoms with Crippen LogP contribution in [0.15, 0.2) is 67.4 Å². The zero-order chi connectivity index (χ0) is 23.7. The van der Waals surface area contributed by atoms with E-state index in [1.165, 1.54) is 6.08 Å². The molecular weight excluding hydrogens is 432 g/mol. The molecule has 0 spiro atoms. The van der Waals surface area contributed by atoms with Crippen molar-refractivity contribution >= 4 is 29.1 Å². The van der Waals surface area contributed by atoms with Gasteiger partial charge in [-0.1, -0.05) is 12.6 Å². The van der Waals surface area contributed by atoms with Crippen LogP contribution in [0.5, 0.6) is 0 Å². The van der Waals surface area contributed by atoms with Crippen LogP contribution in [-0.2, 0) is 9.59 Å². The van der Waals surface area contributed by atoms with E-state index < -0.39 is 0 Å². The van der Waals surface area contributed by atoms with Gasteiger partial charge in [-0.05, 0) is 73.7 Å². The van der Waals surface area contributed by atoms with Crippen molar-refractivity contribution in [2.45, 2.75) is 24.8 Å². The Morgan fingerprint density at radius 1 is 1.00 bits per heavy atom. The molecule has 1 unspecified atom stereocenters. The Bertz CT molecular complexity index is 1250. The van der Waals surface area contributed by atoms with Gasteiger partial charge in [-0.15, -0.1) is 0 Å². The standard InChI is InChI=1S/C25H24N6O3/c1-2-22(32)30-25-12-15(13-25)18(14-25)23(33)27-16-6-8-17(9-7-16)28-24(34)21-5-3-4-19(29-21)20-10-11-26-31-20/h2-11,15,18H,1,12-14H2,(H,26,31)(H,27,33)(H,28,34)(H,30,32). The van der Waals surface area contributed by atoms with E-state index in [4.69, 9.17) is 0 Å². The van der Waals surface area contributed by atoms with Crippen molar-refractivity contribution in [3.63, 3.8) is 0 Å². The summed E-state index contributed by atoms with van der Waals surface area (Å²) in [5.41, 5.74) is 2.60. The summed E-state index contributed by atoms with van der Waals surface area (Å²) in [6.45, 7) is 3.49. The van der Waals surface area contributed by atoms with Gasteiger partial charge in [0.25, 0.3) is 5.91 Å². The molecule has 1 atom stereocenters. The number of aromatic amines is 1. The number of rotatable bonds is 7. The summed E-state index contributed by atoms with van der Waals surface area (Å²) in [6, 6.07) is 13.9. The SMILES string of the molecule is C=CC(=O)NC12CC(C1)C(C(=O)Nc1ccc(NC(=O)c3cccc(-c4ccn[nH]4)n3)cc1)C2. The summed E-state index contributed by atoms with van der Waals surface area (Å²) in [4.78, 5) is 41.5. The Morgan fingerprint density at radius 2 is 1.74 bits per heavy atom. The molecule has 9 nitrogen and oxygen atoms in total. The van der Waals surface area contributed by atoms with Gasteiger partial charge in [-0.2, -0.15) is 5.10 Å². The molecule has 3 aromatic rings. The molecule has 9 heteroatoms. The highest BCUT2D eigenvalue weighted by Crippen LogP contribution is 2.55. The molecular formula is C25H24N6O3. The number of carbonyl (C=O) groups excluding carboxylic acids is 3. The first-order chi connectivity index (χ1) is 16.4. The van der Waals surface area contributed by atoms with Gasteiger partial charge >= 0.3 is 0 Å². The second-order valence-electron chi connectivity index (χ2n) is 8.85. The number of nitrogens with one attached hydrogen (secondary N) is 4. The van der Waals surface area contributed by atoms with Gasteiger partial charge in [-0.3, -0.25) is 19.5 Å². The molecule has 3 saturated carbocycles. The average Bonchev–Trinajstić information content (AvgIpc) is 3.56. The Labute approximate surface area is 196 Å². The fourth-order valence-corrected chi connectivity index (χ4v) is 4.93. The lowest BCUT2D eigenvalue weighted by atomic mass is 9.76. The maximum atomic E-state index is 12.8. The molecule has 34 heavy (non-hydrogen) atoms. The average molecular weight is 457 g/mol. The van der Waals surface area contributed by atoms with E-state index in [2.05, 4.69) is 37.7 Å². The molecule has 4 N–H and O–H groups in total. The molecule has 2 bridgehead atoms. The van der Waals surface area contributed by atoms with Gasteiger partial charge in [0, 0.05) is 29.0 Å². The highest BCUT2D eigenvalue weighted by atomic mass is 16.2. The lowest BCUT2D eigenvalue weighted by Gasteiger charge is -2.38. The molecule has 3 aliphatic carbocycles. The minimum absolute atomic E-state index is 0.0474. The van der Waals surface area contributed by atoms with E-state index in [0.717, 1.165) is 18.5 Å². The van der Waals surface area contributed by atoms with Gasteiger partial charge in [0.2, 0.25) is 11.8 Å². The number of carbonyl (C=O) groups is 3. The molecule has 1 aromatic carbocycles. The van der Waals surface area contributed by atoms with Gasteiger partial charge in [-0.25, -0.2) is 4.98 Å². The van der Waals surface area contributed by atoms with Crippen LogP contribution in [0.2, 0.25) is 0 Å². The smallest absolute Gasteiger partial charge is 0.274 e. The summed E-state index contributed by atoms with van der Waals surface area (Å²) in [5.74, 6) is -0.420. The summed E-state index contributed by atoms with van der Waals surface area (Å²) < 4.78 is 0. The van der Waals surface area contributed by atoms with E-state index >= 15 is 0 Å². The fraction of sp³-hybridized carbons (Fsp3) is 0.240.